The smallest absolute Gasteiger partial charge is 0.410 e. The van der Waals surface area contributed by atoms with Crippen molar-refractivity contribution in [3.8, 4) is 0 Å². The SMILES string of the molecule is CC(C)(C)OC(=O)N1CCC(CNc2ccccc2C(=O)O)CC1. The van der Waals surface area contributed by atoms with Gasteiger partial charge in [0.1, 0.15) is 5.60 Å². The van der Waals surface area contributed by atoms with Crippen LogP contribution in [0.1, 0.15) is 44.0 Å². The normalized spacial score (nSPS) is 15.9. The molecule has 1 aromatic rings. The Balaban J connectivity index is 1.82. The summed E-state index contributed by atoms with van der Waals surface area (Å²) in [5.41, 5.74) is 0.444. The Hall–Kier alpha value is -2.24. The van der Waals surface area contributed by atoms with E-state index in [0.29, 0.717) is 31.2 Å². The Bertz CT molecular complexity index is 587. The maximum atomic E-state index is 12.0. The third-order valence-corrected chi connectivity index (χ3v) is 4.00. The molecule has 1 aliphatic heterocycles. The molecule has 0 bridgehead atoms. The van der Waals surface area contributed by atoms with Crippen molar-refractivity contribution in [1.29, 1.82) is 0 Å². The summed E-state index contributed by atoms with van der Waals surface area (Å²) >= 11 is 0. The predicted octanol–water partition coefficient (Wildman–Crippen LogP) is 3.44. The number of hydrogen-bond donors (Lipinski definition) is 2. The molecule has 2 rings (SSSR count). The summed E-state index contributed by atoms with van der Waals surface area (Å²) in [6, 6.07) is 6.91. The maximum absolute atomic E-state index is 12.0. The van der Waals surface area contributed by atoms with Gasteiger partial charge in [-0.15, -0.1) is 0 Å². The Morgan fingerprint density at radius 1 is 1.25 bits per heavy atom. The lowest BCUT2D eigenvalue weighted by Gasteiger charge is -2.33. The number of amides is 1. The minimum Gasteiger partial charge on any atom is -0.478 e. The van der Waals surface area contributed by atoms with Gasteiger partial charge in [0.15, 0.2) is 0 Å². The van der Waals surface area contributed by atoms with Crippen molar-refractivity contribution in [1.82, 2.24) is 4.90 Å². The minimum atomic E-state index is -0.933. The van der Waals surface area contributed by atoms with Crippen LogP contribution in [0.2, 0.25) is 0 Å². The summed E-state index contributed by atoms with van der Waals surface area (Å²) < 4.78 is 5.39. The van der Waals surface area contributed by atoms with Gasteiger partial charge in [-0.05, 0) is 51.7 Å². The van der Waals surface area contributed by atoms with Gasteiger partial charge in [0, 0.05) is 25.3 Å². The Labute approximate surface area is 142 Å². The molecule has 0 atom stereocenters. The van der Waals surface area contributed by atoms with Crippen LogP contribution in [0.15, 0.2) is 24.3 Å². The van der Waals surface area contributed by atoms with E-state index in [0.717, 1.165) is 12.8 Å². The fraction of sp³-hybridized carbons (Fsp3) is 0.556. The molecule has 6 heteroatoms. The Kier molecular flexibility index (Phi) is 5.70. The fourth-order valence-electron chi connectivity index (χ4n) is 2.72. The number of carboxylic acids is 1. The number of ether oxygens (including phenoxy) is 1. The van der Waals surface area contributed by atoms with Crippen molar-refractivity contribution in [3.05, 3.63) is 29.8 Å². The highest BCUT2D eigenvalue weighted by atomic mass is 16.6. The van der Waals surface area contributed by atoms with E-state index in [1.807, 2.05) is 26.8 Å². The first kappa shape index (κ1) is 18.1. The van der Waals surface area contributed by atoms with Crippen molar-refractivity contribution in [3.63, 3.8) is 0 Å². The van der Waals surface area contributed by atoms with Gasteiger partial charge in [-0.2, -0.15) is 0 Å². The standard InChI is InChI=1S/C18H26N2O4/c1-18(2,3)24-17(23)20-10-8-13(9-11-20)12-19-15-7-5-4-6-14(15)16(21)22/h4-7,13,19H,8-12H2,1-3H3,(H,21,22). The van der Waals surface area contributed by atoms with Gasteiger partial charge in [0.2, 0.25) is 0 Å². The number of nitrogens with one attached hydrogen (secondary N) is 1. The summed E-state index contributed by atoms with van der Waals surface area (Å²) in [6.45, 7) is 7.63. The van der Waals surface area contributed by atoms with Crippen LogP contribution in [0.3, 0.4) is 0 Å². The highest BCUT2D eigenvalue weighted by Crippen LogP contribution is 2.21. The maximum Gasteiger partial charge on any atom is 0.410 e. The predicted molar refractivity (Wildman–Crippen MR) is 92.4 cm³/mol. The average molecular weight is 334 g/mol. The highest BCUT2D eigenvalue weighted by molar-refractivity contribution is 5.94. The van der Waals surface area contributed by atoms with Crippen LogP contribution in [0, 0.1) is 5.92 Å². The number of para-hydroxylation sites is 1. The van der Waals surface area contributed by atoms with Gasteiger partial charge in [-0.3, -0.25) is 0 Å². The van der Waals surface area contributed by atoms with Crippen LogP contribution in [0.25, 0.3) is 0 Å². The average Bonchev–Trinajstić information content (AvgIpc) is 2.52. The largest absolute Gasteiger partial charge is 0.478 e. The highest BCUT2D eigenvalue weighted by Gasteiger charge is 2.26. The Morgan fingerprint density at radius 3 is 2.46 bits per heavy atom. The van der Waals surface area contributed by atoms with Crippen molar-refractivity contribution in [2.75, 3.05) is 25.0 Å². The number of carbonyl (C=O) groups excluding carboxylic acids is 1. The molecule has 132 valence electrons. The second-order valence-electron chi connectivity index (χ2n) is 7.14. The molecule has 0 saturated carbocycles. The summed E-state index contributed by atoms with van der Waals surface area (Å²) in [7, 11) is 0. The minimum absolute atomic E-state index is 0.259. The molecule has 0 aliphatic carbocycles. The van der Waals surface area contributed by atoms with Crippen LogP contribution < -0.4 is 5.32 Å². The zero-order valence-electron chi connectivity index (χ0n) is 14.5. The molecule has 6 nitrogen and oxygen atoms in total. The molecule has 2 N–H and O–H groups in total. The van der Waals surface area contributed by atoms with E-state index in [-0.39, 0.29) is 11.7 Å². The van der Waals surface area contributed by atoms with E-state index >= 15 is 0 Å². The third-order valence-electron chi connectivity index (χ3n) is 4.00. The van der Waals surface area contributed by atoms with Crippen LogP contribution in [0.5, 0.6) is 0 Å². The number of anilines is 1. The van der Waals surface area contributed by atoms with E-state index < -0.39 is 11.6 Å². The number of rotatable bonds is 4. The van der Waals surface area contributed by atoms with Gasteiger partial charge in [-0.25, -0.2) is 9.59 Å². The number of likely N-dealkylation sites (tertiary alicyclic amines) is 1. The first-order valence-electron chi connectivity index (χ1n) is 8.30. The number of benzene rings is 1. The third kappa shape index (κ3) is 5.15. The molecule has 0 spiro atoms. The molecule has 24 heavy (non-hydrogen) atoms. The number of piperidine rings is 1. The molecule has 1 amide bonds. The molecule has 1 aromatic carbocycles. The quantitative estimate of drug-likeness (QED) is 0.882. The van der Waals surface area contributed by atoms with Crippen LogP contribution in [-0.2, 0) is 4.74 Å². The van der Waals surface area contributed by atoms with Crippen LogP contribution in [0.4, 0.5) is 10.5 Å². The lowest BCUT2D eigenvalue weighted by Crippen LogP contribution is -2.42. The number of nitrogens with zero attached hydrogens (tertiary/aromatic N) is 1. The van der Waals surface area contributed by atoms with Gasteiger partial charge >= 0.3 is 12.1 Å². The molecular formula is C18H26N2O4. The molecule has 1 aliphatic rings. The first-order chi connectivity index (χ1) is 11.3. The Morgan fingerprint density at radius 2 is 1.88 bits per heavy atom. The molecule has 1 fully saturated rings. The zero-order chi connectivity index (χ0) is 17.7. The lowest BCUT2D eigenvalue weighted by molar-refractivity contribution is 0.0188. The molecule has 0 aromatic heterocycles. The lowest BCUT2D eigenvalue weighted by atomic mass is 9.97. The van der Waals surface area contributed by atoms with Gasteiger partial charge in [0.25, 0.3) is 0 Å². The van der Waals surface area contributed by atoms with E-state index in [1.54, 1.807) is 23.1 Å². The zero-order valence-corrected chi connectivity index (χ0v) is 14.5. The summed E-state index contributed by atoms with van der Waals surface area (Å²) in [6.07, 6.45) is 1.49. The van der Waals surface area contributed by atoms with Crippen LogP contribution >= 0.6 is 0 Å². The topological polar surface area (TPSA) is 78.9 Å². The van der Waals surface area contributed by atoms with Gasteiger partial charge in [0.05, 0.1) is 5.56 Å². The second kappa shape index (κ2) is 7.55. The number of hydrogen-bond acceptors (Lipinski definition) is 4. The van der Waals surface area contributed by atoms with E-state index in [4.69, 9.17) is 4.74 Å². The van der Waals surface area contributed by atoms with Crippen molar-refractivity contribution < 1.29 is 19.4 Å². The molecular weight excluding hydrogens is 308 g/mol. The molecule has 1 heterocycles. The number of aromatic carboxylic acids is 1. The van der Waals surface area contributed by atoms with E-state index in [1.165, 1.54) is 0 Å². The van der Waals surface area contributed by atoms with Crippen molar-refractivity contribution in [2.24, 2.45) is 5.92 Å². The van der Waals surface area contributed by atoms with Crippen LogP contribution in [-0.4, -0.2) is 47.3 Å². The van der Waals surface area contributed by atoms with Crippen molar-refractivity contribution >= 4 is 17.7 Å². The number of carboxylic acid groups (broad SMARTS) is 1. The summed E-state index contributed by atoms with van der Waals surface area (Å²) in [5.74, 6) is -0.525. The monoisotopic (exact) mass is 334 g/mol. The second-order valence-corrected chi connectivity index (χ2v) is 7.14. The molecule has 0 unspecified atom stereocenters. The first-order valence-corrected chi connectivity index (χ1v) is 8.30. The fourth-order valence-corrected chi connectivity index (χ4v) is 2.72. The molecule has 0 radical (unpaired) electrons. The summed E-state index contributed by atoms with van der Waals surface area (Å²) in [4.78, 5) is 25.0. The van der Waals surface area contributed by atoms with Gasteiger partial charge in [-0.1, -0.05) is 12.1 Å². The number of carbonyl (C=O) groups is 2. The van der Waals surface area contributed by atoms with E-state index in [9.17, 15) is 14.7 Å². The molecule has 1 saturated heterocycles. The van der Waals surface area contributed by atoms with E-state index in [2.05, 4.69) is 5.32 Å². The summed E-state index contributed by atoms with van der Waals surface area (Å²) in [5, 5.41) is 12.4. The van der Waals surface area contributed by atoms with Gasteiger partial charge < -0.3 is 20.1 Å². The van der Waals surface area contributed by atoms with Crippen molar-refractivity contribution in [2.45, 2.75) is 39.2 Å².